The van der Waals surface area contributed by atoms with Gasteiger partial charge in [0.15, 0.2) is 0 Å². The zero-order valence-electron chi connectivity index (χ0n) is 14.3. The van der Waals surface area contributed by atoms with E-state index in [2.05, 4.69) is 0 Å². The fourth-order valence-electron chi connectivity index (χ4n) is 1.94. The molecule has 10 N–H and O–H groups in total. The molecule has 0 spiro atoms. The molecule has 1 unspecified atom stereocenters. The second-order valence-electron chi connectivity index (χ2n) is 5.24. The van der Waals surface area contributed by atoms with Crippen molar-refractivity contribution in [2.45, 2.75) is 49.6 Å². The minimum atomic E-state index is -4.64. The number of aliphatic carboxylic acids is 1. The molecule has 26 heavy (non-hydrogen) atoms. The predicted octanol–water partition coefficient (Wildman–Crippen LogP) is -4.80. The second kappa shape index (κ2) is 9.66. The molecule has 0 aliphatic carbocycles. The van der Waals surface area contributed by atoms with Crippen molar-refractivity contribution >= 4 is 19.7 Å². The van der Waals surface area contributed by atoms with Crippen LogP contribution in [0.15, 0.2) is 0 Å². The third-order valence-electron chi connectivity index (χ3n) is 3.00. The number of carbonyl (C=O) groups excluding carboxylic acids is 1. The Morgan fingerprint density at radius 3 is 2.19 bits per heavy atom. The molecule has 0 aromatic rings. The number of nitrogens with one attached hydrogen (secondary N) is 1. The van der Waals surface area contributed by atoms with Gasteiger partial charge in [0.1, 0.15) is 18.3 Å². The number of aliphatic hydroxyl groups excluding tert-OH is 4. The van der Waals surface area contributed by atoms with Crippen LogP contribution < -0.4 is 5.32 Å². The van der Waals surface area contributed by atoms with Crippen LogP contribution in [-0.4, -0.2) is 100 Å². The minimum Gasteiger partial charge on any atom is -0.477 e. The lowest BCUT2D eigenvalue weighted by Crippen LogP contribution is -2.67. The maximum atomic E-state index is 11.2. The number of carboxylic acid groups (broad SMARTS) is 1. The highest BCUT2D eigenvalue weighted by atomic mass is 31.2. The van der Waals surface area contributed by atoms with Crippen LogP contribution in [0.5, 0.6) is 0 Å². The maximum Gasteiger partial charge on any atom is 0.466 e. The van der Waals surface area contributed by atoms with Gasteiger partial charge in [0.25, 0.3) is 5.79 Å². The Bertz CT molecular complexity index is 578. The van der Waals surface area contributed by atoms with Gasteiger partial charge in [-0.2, -0.15) is 0 Å². The molecule has 1 aliphatic heterocycles. The van der Waals surface area contributed by atoms with Crippen LogP contribution in [0.25, 0.3) is 0 Å². The quantitative estimate of drug-likeness (QED) is 0.192. The molecule has 0 saturated carbocycles. The Balaban J connectivity index is 0.00000119. The lowest BCUT2D eigenvalue weighted by molar-refractivity contribution is -0.295. The first kappa shape index (κ1) is 22.9. The van der Waals surface area contributed by atoms with Crippen molar-refractivity contribution in [2.75, 3.05) is 6.61 Å². The highest BCUT2D eigenvalue weighted by molar-refractivity contribution is 7.45. The predicted molar refractivity (Wildman–Crippen MR) is 79.0 cm³/mol. The Morgan fingerprint density at radius 1 is 1.38 bits per heavy atom. The average molecular weight is 408 g/mol. The average Bonchev–Trinajstić information content (AvgIpc) is 2.47. The smallest absolute Gasteiger partial charge is 0.466 e. The number of hydrogen-bond acceptors (Lipinski definition) is 9. The lowest BCUT2D eigenvalue weighted by atomic mass is 9.88. The molecule has 1 rings (SSSR count). The Morgan fingerprint density at radius 2 is 1.85 bits per heavy atom. The van der Waals surface area contributed by atoms with Crippen molar-refractivity contribution < 1.29 is 65.6 Å². The van der Waals surface area contributed by atoms with Crippen molar-refractivity contribution in [2.24, 2.45) is 0 Å². The first-order valence-corrected chi connectivity index (χ1v) is 8.40. The molecule has 6 atom stereocenters. The molecule has 1 amide bonds. The normalized spacial score (nSPS) is 34.6. The molecule has 14 nitrogen and oxygen atoms in total. The molecule has 0 aromatic carbocycles. The van der Waals surface area contributed by atoms with Crippen molar-refractivity contribution in [3.63, 3.8) is 0 Å². The van der Waals surface area contributed by atoms with E-state index in [1.165, 1.54) is 0 Å². The molecule has 1 heterocycles. The summed E-state index contributed by atoms with van der Waals surface area (Å²) >= 11 is 0. The molecule has 154 valence electrons. The second-order valence-corrected chi connectivity index (χ2v) is 6.26. The summed E-state index contributed by atoms with van der Waals surface area (Å²) in [6.07, 6.45) is -8.83. The topological polar surface area (TPSA) is 255 Å². The fraction of sp³-hybridized carbons (Fsp3) is 0.818. The summed E-state index contributed by atoms with van der Waals surface area (Å²) in [5, 5.41) is 58.9. The van der Waals surface area contributed by atoms with Gasteiger partial charge < -0.3 is 55.4 Å². The minimum absolute atomic E-state index is 0.797. The van der Waals surface area contributed by atoms with Crippen LogP contribution in [-0.2, 0) is 18.9 Å². The van der Waals surface area contributed by atoms with Gasteiger partial charge in [0.05, 0.1) is 20.1 Å². The molecule has 1 saturated heterocycles. The van der Waals surface area contributed by atoms with Gasteiger partial charge in [-0.1, -0.05) is 0 Å². The van der Waals surface area contributed by atoms with Crippen LogP contribution >= 0.6 is 7.82 Å². The van der Waals surface area contributed by atoms with E-state index in [0.717, 1.165) is 6.92 Å². The van der Waals surface area contributed by atoms with Crippen molar-refractivity contribution in [3.05, 3.63) is 0 Å². The lowest BCUT2D eigenvalue weighted by Gasteiger charge is -2.44. The summed E-state index contributed by atoms with van der Waals surface area (Å²) in [5.41, 5.74) is 0. The van der Waals surface area contributed by atoms with E-state index >= 15 is 0 Å². The van der Waals surface area contributed by atoms with Crippen LogP contribution in [0, 0.1) is 0 Å². The number of carboxylic acids is 1. The van der Waals surface area contributed by atoms with Crippen molar-refractivity contribution in [1.29, 1.82) is 0 Å². The SMILES string of the molecule is O=P(O)(O)O.[2H][C@@]1(NC(C)=O)[C@@H](O)CC(O)(C(=O)O)O[C@H]1[C@H](O)[C@H](O)CO. The molecular weight excluding hydrogens is 385 g/mol. The van der Waals surface area contributed by atoms with Gasteiger partial charge in [0.2, 0.25) is 5.91 Å². The molecule has 1 aliphatic rings. The summed E-state index contributed by atoms with van der Waals surface area (Å²) in [4.78, 5) is 43.8. The largest absolute Gasteiger partial charge is 0.477 e. The van der Waals surface area contributed by atoms with Crippen LogP contribution in [0.2, 0.25) is 0 Å². The van der Waals surface area contributed by atoms with Gasteiger partial charge in [-0.3, -0.25) is 4.79 Å². The number of amides is 1. The van der Waals surface area contributed by atoms with Gasteiger partial charge in [-0.05, 0) is 0 Å². The molecule has 0 radical (unpaired) electrons. The van der Waals surface area contributed by atoms with Gasteiger partial charge in [-0.15, -0.1) is 0 Å². The summed E-state index contributed by atoms with van der Waals surface area (Å²) in [6.45, 7) is 0.0473. The first-order chi connectivity index (χ1) is 12.0. The molecular formula is C11H22NO13P. The van der Waals surface area contributed by atoms with E-state index in [-0.39, 0.29) is 0 Å². The number of carbonyl (C=O) groups is 2. The molecule has 0 aromatic heterocycles. The number of ether oxygens (including phenoxy) is 1. The third-order valence-corrected chi connectivity index (χ3v) is 3.00. The number of phosphoric acid groups is 1. The summed E-state index contributed by atoms with van der Waals surface area (Å²) in [7, 11) is -4.64. The van der Waals surface area contributed by atoms with Crippen molar-refractivity contribution in [1.82, 2.24) is 5.32 Å². The van der Waals surface area contributed by atoms with Gasteiger partial charge in [-0.25, -0.2) is 9.36 Å². The maximum absolute atomic E-state index is 11.2. The zero-order chi connectivity index (χ0) is 21.8. The molecule has 15 heteroatoms. The van der Waals surface area contributed by atoms with E-state index in [4.69, 9.17) is 35.6 Å². The van der Waals surface area contributed by atoms with Crippen molar-refractivity contribution in [3.8, 4) is 0 Å². The van der Waals surface area contributed by atoms with E-state index < -0.39 is 68.9 Å². The number of hydrogen-bond donors (Lipinski definition) is 10. The highest BCUT2D eigenvalue weighted by Crippen LogP contribution is 2.30. The summed E-state index contributed by atoms with van der Waals surface area (Å²) < 4.78 is 21.7. The van der Waals surface area contributed by atoms with Gasteiger partial charge in [0, 0.05) is 13.3 Å². The van der Waals surface area contributed by atoms with E-state index in [1.807, 2.05) is 5.32 Å². The summed E-state index contributed by atoms with van der Waals surface area (Å²) in [5.74, 6) is -5.61. The Kier molecular flexibility index (Phi) is 8.49. The Hall–Kier alpha value is -1.19. The summed E-state index contributed by atoms with van der Waals surface area (Å²) in [6, 6.07) is -2.44. The van der Waals surface area contributed by atoms with Crippen LogP contribution in [0.4, 0.5) is 0 Å². The van der Waals surface area contributed by atoms with E-state index in [0.29, 0.717) is 0 Å². The first-order valence-electron chi connectivity index (χ1n) is 7.33. The monoisotopic (exact) mass is 408 g/mol. The number of aliphatic hydroxyl groups is 5. The third kappa shape index (κ3) is 8.01. The van der Waals surface area contributed by atoms with Crippen LogP contribution in [0.3, 0.4) is 0 Å². The van der Waals surface area contributed by atoms with Gasteiger partial charge >= 0.3 is 13.8 Å². The number of rotatable bonds is 5. The standard InChI is InChI=1S/C11H19NO9.H3O4P/c1-4(14)12-7-5(15)2-11(20,10(18)19)21-9(7)8(17)6(16)3-13;1-5(2,3)4/h5-9,13,15-17,20H,2-3H2,1H3,(H,12,14)(H,18,19);(H3,1,2,3,4)/t5-,6+,7+,8+,9+,11?;/m0./s1/i7D;. The molecule has 1 fully saturated rings. The Labute approximate surface area is 147 Å². The van der Waals surface area contributed by atoms with E-state index in [1.54, 1.807) is 0 Å². The highest BCUT2D eigenvalue weighted by Gasteiger charge is 2.53. The van der Waals surface area contributed by atoms with Crippen LogP contribution in [0.1, 0.15) is 14.7 Å². The fourth-order valence-corrected chi connectivity index (χ4v) is 1.94. The van der Waals surface area contributed by atoms with E-state index in [9.17, 15) is 30.0 Å². The molecule has 0 bridgehead atoms. The zero-order valence-corrected chi connectivity index (χ0v) is 14.2.